The Kier molecular flexibility index (Phi) is 4.10. The van der Waals surface area contributed by atoms with E-state index >= 15 is 0 Å². The fourth-order valence-electron chi connectivity index (χ4n) is 6.46. The van der Waals surface area contributed by atoms with Gasteiger partial charge in [-0.25, -0.2) is 4.98 Å². The second kappa shape index (κ2) is 7.31. The summed E-state index contributed by atoms with van der Waals surface area (Å²) in [6.07, 6.45) is 4.14. The molecule has 0 radical (unpaired) electrons. The molecular formula is C33H25N3Si. The third kappa shape index (κ3) is 2.79. The molecule has 0 spiro atoms. The Morgan fingerprint density at radius 2 is 1.46 bits per heavy atom. The van der Waals surface area contributed by atoms with Crippen LogP contribution in [0, 0.1) is 0 Å². The van der Waals surface area contributed by atoms with Gasteiger partial charge >= 0.3 is 0 Å². The molecule has 3 aromatic heterocycles. The van der Waals surface area contributed by atoms with Gasteiger partial charge in [-0.15, -0.1) is 0 Å². The van der Waals surface area contributed by atoms with Crippen molar-refractivity contribution in [2.24, 2.45) is 0 Å². The van der Waals surface area contributed by atoms with Gasteiger partial charge in [0, 0.05) is 34.4 Å². The minimum Gasteiger partial charge on any atom is -0.309 e. The molecule has 1 aliphatic rings. The normalized spacial score (nSPS) is 13.9. The van der Waals surface area contributed by atoms with Crippen LogP contribution < -0.4 is 10.4 Å². The summed E-state index contributed by atoms with van der Waals surface area (Å²) in [7, 11) is -1.84. The highest BCUT2D eigenvalue weighted by molar-refractivity contribution is 7.05. The number of aromatic nitrogens is 3. The van der Waals surface area contributed by atoms with E-state index in [9.17, 15) is 0 Å². The fourth-order valence-corrected chi connectivity index (χ4v) is 9.92. The molecule has 0 saturated heterocycles. The van der Waals surface area contributed by atoms with Crippen LogP contribution in [-0.2, 0) is 0 Å². The van der Waals surface area contributed by atoms with E-state index in [4.69, 9.17) is 4.98 Å². The fraction of sp³-hybridized carbons (Fsp3) is 0.0606. The lowest BCUT2D eigenvalue weighted by molar-refractivity contribution is 1.18. The Balaban J connectivity index is 1.36. The number of benzene rings is 4. The van der Waals surface area contributed by atoms with Crippen molar-refractivity contribution in [1.82, 2.24) is 14.0 Å². The molecule has 0 unspecified atom stereocenters. The lowest BCUT2D eigenvalue weighted by atomic mass is 10.0. The predicted octanol–water partition coefficient (Wildman–Crippen LogP) is 6.90. The summed E-state index contributed by atoms with van der Waals surface area (Å²) in [5, 5.41) is 5.88. The number of hydrogen-bond donors (Lipinski definition) is 0. The monoisotopic (exact) mass is 491 g/mol. The molecule has 0 atom stereocenters. The smallest absolute Gasteiger partial charge is 0.137 e. The molecule has 4 heterocycles. The van der Waals surface area contributed by atoms with Crippen LogP contribution in [0.25, 0.3) is 55.5 Å². The van der Waals surface area contributed by atoms with Gasteiger partial charge in [-0.3, -0.25) is 0 Å². The van der Waals surface area contributed by atoms with Gasteiger partial charge in [-0.05, 0) is 57.9 Å². The van der Waals surface area contributed by atoms with E-state index in [-0.39, 0.29) is 0 Å². The number of imidazole rings is 1. The van der Waals surface area contributed by atoms with E-state index in [1.807, 2.05) is 24.4 Å². The molecule has 0 saturated carbocycles. The Hall–Kier alpha value is -4.41. The van der Waals surface area contributed by atoms with Gasteiger partial charge in [-0.2, -0.15) is 0 Å². The van der Waals surface area contributed by atoms with Crippen molar-refractivity contribution < 1.29 is 0 Å². The van der Waals surface area contributed by atoms with Crippen LogP contribution in [0.2, 0.25) is 13.1 Å². The summed E-state index contributed by atoms with van der Waals surface area (Å²) in [5.74, 6) is 0. The molecule has 0 fully saturated rings. The Bertz CT molecular complexity index is 1970. The number of para-hydroxylation sites is 1. The van der Waals surface area contributed by atoms with E-state index in [1.54, 1.807) is 10.4 Å². The van der Waals surface area contributed by atoms with Crippen molar-refractivity contribution in [2.45, 2.75) is 13.1 Å². The molecule has 3 nitrogen and oxygen atoms in total. The zero-order valence-corrected chi connectivity index (χ0v) is 21.8. The first-order valence-corrected chi connectivity index (χ1v) is 15.8. The van der Waals surface area contributed by atoms with Gasteiger partial charge in [0.1, 0.15) is 13.7 Å². The minimum atomic E-state index is -1.84. The van der Waals surface area contributed by atoms with Crippen LogP contribution in [0.3, 0.4) is 0 Å². The average Bonchev–Trinajstić information content (AvgIpc) is 3.58. The van der Waals surface area contributed by atoms with E-state index in [0.29, 0.717) is 0 Å². The summed E-state index contributed by atoms with van der Waals surface area (Å²) in [5.41, 5.74) is 9.64. The zero-order valence-electron chi connectivity index (χ0n) is 20.8. The third-order valence-corrected chi connectivity index (χ3v) is 11.7. The van der Waals surface area contributed by atoms with Gasteiger partial charge in [-0.1, -0.05) is 79.8 Å². The molecule has 8 rings (SSSR count). The summed E-state index contributed by atoms with van der Waals surface area (Å²) >= 11 is 0. The topological polar surface area (TPSA) is 22.2 Å². The number of nitrogens with zero attached hydrogens (tertiary/aromatic N) is 3. The first-order chi connectivity index (χ1) is 18.1. The molecule has 0 aliphatic carbocycles. The molecule has 4 aromatic carbocycles. The minimum absolute atomic E-state index is 0.964. The number of hydrogen-bond acceptors (Lipinski definition) is 1. The molecule has 7 aromatic rings. The van der Waals surface area contributed by atoms with Crippen molar-refractivity contribution in [3.63, 3.8) is 0 Å². The van der Waals surface area contributed by atoms with Gasteiger partial charge in [0.2, 0.25) is 0 Å². The van der Waals surface area contributed by atoms with Gasteiger partial charge in [0.15, 0.2) is 0 Å². The molecule has 37 heavy (non-hydrogen) atoms. The first-order valence-electron chi connectivity index (χ1n) is 12.8. The van der Waals surface area contributed by atoms with Crippen LogP contribution in [0.15, 0.2) is 116 Å². The largest absolute Gasteiger partial charge is 0.309 e. The summed E-state index contributed by atoms with van der Waals surface area (Å²) in [4.78, 5) is 4.81. The first kappa shape index (κ1) is 20.7. The maximum atomic E-state index is 4.81. The molecule has 1 aliphatic heterocycles. The molecule has 0 N–H and O–H groups in total. The molecule has 0 bridgehead atoms. The Labute approximate surface area is 216 Å². The highest BCUT2D eigenvalue weighted by Crippen LogP contribution is 2.38. The van der Waals surface area contributed by atoms with E-state index in [2.05, 4.69) is 113 Å². The quantitative estimate of drug-likeness (QED) is 0.241. The number of rotatable bonds is 2. The second-order valence-corrected chi connectivity index (χ2v) is 14.8. The van der Waals surface area contributed by atoms with E-state index in [0.717, 1.165) is 16.9 Å². The standard InChI is InChI=1S/C33H25N3Si/c1-37(2)30-12-6-4-9-24(30)25-18-19-29-32(33(25)37)26-10-3-5-11-28(26)36(29)23-16-14-22(15-17-23)27-21-35-20-8-7-13-31(35)34-27/h3-21H,1-2H3. The van der Waals surface area contributed by atoms with Crippen molar-refractivity contribution in [2.75, 3.05) is 0 Å². The zero-order chi connectivity index (χ0) is 24.7. The van der Waals surface area contributed by atoms with Crippen molar-refractivity contribution in [3.05, 3.63) is 116 Å². The molecular weight excluding hydrogens is 466 g/mol. The lowest BCUT2D eigenvalue weighted by Gasteiger charge is -2.20. The predicted molar refractivity (Wildman–Crippen MR) is 157 cm³/mol. The summed E-state index contributed by atoms with van der Waals surface area (Å²) in [6.45, 7) is 5.01. The highest BCUT2D eigenvalue weighted by Gasteiger charge is 2.39. The number of pyridine rings is 1. The highest BCUT2D eigenvalue weighted by atomic mass is 28.3. The van der Waals surface area contributed by atoms with Crippen LogP contribution in [0.4, 0.5) is 0 Å². The maximum absolute atomic E-state index is 4.81. The van der Waals surface area contributed by atoms with Crippen molar-refractivity contribution >= 4 is 45.9 Å². The SMILES string of the molecule is C[Si]1(C)c2ccccc2-c2ccc3c(c21)c1ccccc1n3-c1ccc(-c2cn3ccccc3n2)cc1. The molecule has 0 amide bonds. The van der Waals surface area contributed by atoms with Crippen LogP contribution >= 0.6 is 0 Å². The maximum Gasteiger partial charge on any atom is 0.137 e. The third-order valence-electron chi connectivity index (χ3n) is 8.14. The van der Waals surface area contributed by atoms with E-state index < -0.39 is 8.07 Å². The van der Waals surface area contributed by atoms with Crippen molar-refractivity contribution in [3.8, 4) is 28.1 Å². The van der Waals surface area contributed by atoms with Crippen LogP contribution in [0.1, 0.15) is 0 Å². The van der Waals surface area contributed by atoms with Crippen molar-refractivity contribution in [1.29, 1.82) is 0 Å². The van der Waals surface area contributed by atoms with Gasteiger partial charge in [0.05, 0.1) is 16.7 Å². The van der Waals surface area contributed by atoms with E-state index in [1.165, 1.54) is 38.6 Å². The summed E-state index contributed by atoms with van der Waals surface area (Å²) < 4.78 is 4.51. The van der Waals surface area contributed by atoms with Crippen LogP contribution in [0.5, 0.6) is 0 Å². The average molecular weight is 492 g/mol. The molecule has 176 valence electrons. The lowest BCUT2D eigenvalue weighted by Crippen LogP contribution is -2.49. The second-order valence-electron chi connectivity index (χ2n) is 10.5. The summed E-state index contributed by atoms with van der Waals surface area (Å²) in [6, 6.07) is 37.6. The van der Waals surface area contributed by atoms with Crippen LogP contribution in [-0.4, -0.2) is 22.0 Å². The van der Waals surface area contributed by atoms with Gasteiger partial charge < -0.3 is 8.97 Å². The Morgan fingerprint density at radius 3 is 2.32 bits per heavy atom. The molecule has 4 heteroatoms. The van der Waals surface area contributed by atoms with Gasteiger partial charge in [0.25, 0.3) is 0 Å². The Morgan fingerprint density at radius 1 is 0.676 bits per heavy atom. The number of fused-ring (bicyclic) bond motifs is 8.